The fraction of sp³-hybridized carbons (Fsp3) is 0.700. The van der Waals surface area contributed by atoms with Crippen molar-refractivity contribution >= 4 is 21.2 Å². The summed E-state index contributed by atoms with van der Waals surface area (Å²) in [5, 5.41) is 3.45. The summed E-state index contributed by atoms with van der Waals surface area (Å²) in [6.07, 6.45) is 6.17. The van der Waals surface area contributed by atoms with E-state index in [1.54, 1.807) is 7.11 Å². The van der Waals surface area contributed by atoms with Crippen LogP contribution in [0, 0.1) is 11.8 Å². The van der Waals surface area contributed by atoms with E-state index in [0.717, 1.165) is 56.5 Å². The van der Waals surface area contributed by atoms with Crippen molar-refractivity contribution in [2.24, 2.45) is 11.8 Å². The molecule has 0 spiro atoms. The fourth-order valence-electron chi connectivity index (χ4n) is 4.82. The highest BCUT2D eigenvalue weighted by Gasteiger charge is 2.39. The van der Waals surface area contributed by atoms with Crippen molar-refractivity contribution in [1.82, 2.24) is 9.80 Å². The van der Waals surface area contributed by atoms with Crippen LogP contribution >= 0.6 is 0 Å². The highest BCUT2D eigenvalue weighted by molar-refractivity contribution is 7.90. The summed E-state index contributed by atoms with van der Waals surface area (Å²) in [4.78, 5) is 0. The zero-order valence-electron chi connectivity index (χ0n) is 16.6. The molecule has 1 aromatic rings. The maximum Gasteiger partial charge on any atom is 0.152 e. The van der Waals surface area contributed by atoms with Gasteiger partial charge in [-0.1, -0.05) is 0 Å². The number of nitrogens with zero attached hydrogens (tertiary/aromatic N) is 1. The monoisotopic (exact) mass is 396 g/mol. The van der Waals surface area contributed by atoms with Crippen LogP contribution in [0.25, 0.3) is 0 Å². The van der Waals surface area contributed by atoms with Crippen LogP contribution in [-0.2, 0) is 9.84 Å². The third kappa shape index (κ3) is 4.95. The molecule has 7 heteroatoms. The van der Waals surface area contributed by atoms with Gasteiger partial charge in [0.05, 0.1) is 38.2 Å². The lowest BCUT2D eigenvalue weighted by atomic mass is 9.78. The van der Waals surface area contributed by atoms with E-state index < -0.39 is 9.84 Å². The Kier molecular flexibility index (Phi) is 6.33. The van der Waals surface area contributed by atoms with Crippen molar-refractivity contribution in [2.75, 3.05) is 57.6 Å². The number of methoxy groups -OCH3 is 1. The largest absolute Gasteiger partial charge is 0.494 e. The molecule has 152 valence electrons. The molecule has 2 heterocycles. The van der Waals surface area contributed by atoms with Crippen LogP contribution in [0.4, 0.5) is 11.4 Å². The standard InChI is InChI=1S/C20H34N3O3S/c1-26-20-15-18(3-4-19(20)21)23(13-14-27(2,24)25)11-7-17(8-12-23)16-5-9-22-10-6-16/h3-4,15-17,22H,5-14,21H2,1-2H3/q+1. The number of nitrogens with two attached hydrogens (primary N) is 1. The Bertz CT molecular complexity index is 737. The summed E-state index contributed by atoms with van der Waals surface area (Å²) in [7, 11) is -1.38. The first kappa shape index (κ1) is 20.4. The predicted molar refractivity (Wildman–Crippen MR) is 112 cm³/mol. The fourth-order valence-corrected chi connectivity index (χ4v) is 5.50. The number of nitrogen functional groups attached to an aromatic ring is 1. The Balaban J connectivity index is 1.81. The van der Waals surface area contributed by atoms with E-state index in [0.29, 0.717) is 22.5 Å². The van der Waals surface area contributed by atoms with Gasteiger partial charge in [-0.05, 0) is 43.8 Å². The van der Waals surface area contributed by atoms with Crippen LogP contribution in [-0.4, -0.2) is 60.3 Å². The van der Waals surface area contributed by atoms with Gasteiger partial charge in [0.15, 0.2) is 9.84 Å². The maximum atomic E-state index is 11.9. The minimum atomic E-state index is -3.01. The van der Waals surface area contributed by atoms with Gasteiger partial charge in [-0.2, -0.15) is 0 Å². The van der Waals surface area contributed by atoms with Crippen molar-refractivity contribution in [1.29, 1.82) is 0 Å². The molecule has 3 rings (SSSR count). The smallest absolute Gasteiger partial charge is 0.152 e. The number of rotatable bonds is 6. The summed E-state index contributed by atoms with van der Waals surface area (Å²) >= 11 is 0. The number of hydrogen-bond acceptors (Lipinski definition) is 5. The van der Waals surface area contributed by atoms with Gasteiger partial charge in [0.1, 0.15) is 11.4 Å². The molecule has 2 fully saturated rings. The molecule has 2 aliphatic heterocycles. The number of hydrogen-bond donors (Lipinski definition) is 2. The first-order chi connectivity index (χ1) is 12.8. The van der Waals surface area contributed by atoms with Crippen LogP contribution in [0.1, 0.15) is 25.7 Å². The lowest BCUT2D eigenvalue weighted by Crippen LogP contribution is -2.57. The van der Waals surface area contributed by atoms with E-state index in [1.165, 1.54) is 19.1 Å². The normalized spacial score (nSPS) is 27.4. The van der Waals surface area contributed by atoms with Crippen molar-refractivity contribution in [2.45, 2.75) is 25.7 Å². The Morgan fingerprint density at radius 3 is 2.37 bits per heavy atom. The minimum absolute atomic E-state index is 0.206. The molecule has 6 nitrogen and oxygen atoms in total. The zero-order chi connectivity index (χ0) is 19.5. The summed E-state index contributed by atoms with van der Waals surface area (Å²) in [6, 6.07) is 5.93. The summed E-state index contributed by atoms with van der Waals surface area (Å²) in [6.45, 7) is 4.84. The molecule has 0 radical (unpaired) electrons. The van der Waals surface area contributed by atoms with Crippen molar-refractivity contribution < 1.29 is 13.2 Å². The second-order valence-electron chi connectivity index (χ2n) is 8.30. The Hall–Kier alpha value is -1.31. The van der Waals surface area contributed by atoms with E-state index in [-0.39, 0.29) is 5.75 Å². The van der Waals surface area contributed by atoms with E-state index >= 15 is 0 Å². The molecule has 27 heavy (non-hydrogen) atoms. The molecule has 0 atom stereocenters. The maximum absolute atomic E-state index is 11.9. The van der Waals surface area contributed by atoms with Gasteiger partial charge in [-0.15, -0.1) is 0 Å². The van der Waals surface area contributed by atoms with E-state index in [2.05, 4.69) is 5.32 Å². The first-order valence-corrected chi connectivity index (χ1v) is 12.1. The number of piperidine rings is 2. The first-order valence-electron chi connectivity index (χ1n) is 10.0. The molecule has 2 saturated heterocycles. The van der Waals surface area contributed by atoms with Crippen molar-refractivity contribution in [3.63, 3.8) is 0 Å². The number of anilines is 1. The lowest BCUT2D eigenvalue weighted by molar-refractivity contribution is 0.137. The van der Waals surface area contributed by atoms with E-state index in [4.69, 9.17) is 10.5 Å². The molecule has 0 amide bonds. The molecule has 3 N–H and O–H groups in total. The number of ether oxygens (including phenoxy) is 1. The average Bonchev–Trinajstić information content (AvgIpc) is 2.67. The number of quaternary nitrogens is 1. The highest BCUT2D eigenvalue weighted by atomic mass is 32.2. The third-order valence-corrected chi connectivity index (χ3v) is 7.49. The minimum Gasteiger partial charge on any atom is -0.494 e. The lowest BCUT2D eigenvalue weighted by Gasteiger charge is -2.45. The van der Waals surface area contributed by atoms with Gasteiger partial charge < -0.3 is 15.8 Å². The molecular formula is C20H34N3O3S+. The zero-order valence-corrected chi connectivity index (χ0v) is 17.4. The molecular weight excluding hydrogens is 362 g/mol. The second-order valence-corrected chi connectivity index (χ2v) is 10.6. The molecule has 1 aromatic carbocycles. The third-order valence-electron chi connectivity index (χ3n) is 6.56. The quantitative estimate of drug-likeness (QED) is 0.568. The summed E-state index contributed by atoms with van der Waals surface area (Å²) in [5.41, 5.74) is 7.74. The molecule has 0 unspecified atom stereocenters. The van der Waals surface area contributed by atoms with Gasteiger partial charge >= 0.3 is 0 Å². The molecule has 0 aliphatic carbocycles. The van der Waals surface area contributed by atoms with Crippen LogP contribution in [0.5, 0.6) is 5.75 Å². The molecule has 0 bridgehead atoms. The SMILES string of the molecule is COc1cc([N+]2(CCS(C)(=O)=O)CCC(C3CCNCC3)CC2)ccc1N. The van der Waals surface area contributed by atoms with E-state index in [1.807, 2.05) is 18.2 Å². The van der Waals surface area contributed by atoms with Gasteiger partial charge in [-0.25, -0.2) is 8.42 Å². The van der Waals surface area contributed by atoms with Gasteiger partial charge in [-0.3, -0.25) is 4.48 Å². The molecule has 0 aromatic heterocycles. The van der Waals surface area contributed by atoms with Crippen LogP contribution < -0.4 is 20.3 Å². The Labute approximate surface area is 163 Å². The molecule has 0 saturated carbocycles. The van der Waals surface area contributed by atoms with Crippen molar-refractivity contribution in [3.8, 4) is 5.75 Å². The van der Waals surface area contributed by atoms with Crippen LogP contribution in [0.3, 0.4) is 0 Å². The second kappa shape index (κ2) is 8.37. The topological polar surface area (TPSA) is 81.4 Å². The van der Waals surface area contributed by atoms with Crippen LogP contribution in [0.2, 0.25) is 0 Å². The van der Waals surface area contributed by atoms with Gasteiger partial charge in [0.25, 0.3) is 0 Å². The Morgan fingerprint density at radius 1 is 1.15 bits per heavy atom. The Morgan fingerprint density at radius 2 is 1.78 bits per heavy atom. The van der Waals surface area contributed by atoms with Crippen LogP contribution in [0.15, 0.2) is 18.2 Å². The number of sulfone groups is 1. The van der Waals surface area contributed by atoms with Crippen molar-refractivity contribution in [3.05, 3.63) is 18.2 Å². The highest BCUT2D eigenvalue weighted by Crippen LogP contribution is 2.38. The number of likely N-dealkylation sites (tertiary alicyclic amines) is 1. The van der Waals surface area contributed by atoms with Gasteiger partial charge in [0, 0.05) is 31.2 Å². The van der Waals surface area contributed by atoms with E-state index in [9.17, 15) is 8.42 Å². The van der Waals surface area contributed by atoms with Gasteiger partial charge in [0.2, 0.25) is 0 Å². The predicted octanol–water partition coefficient (Wildman–Crippen LogP) is 2.04. The number of benzene rings is 1. The molecule has 2 aliphatic rings. The number of nitrogens with one attached hydrogen (secondary N) is 1. The average molecular weight is 397 g/mol. The summed E-state index contributed by atoms with van der Waals surface area (Å²) < 4.78 is 29.9. The summed E-state index contributed by atoms with van der Waals surface area (Å²) in [5.74, 6) is 2.44.